The van der Waals surface area contributed by atoms with E-state index in [1.807, 2.05) is 4.90 Å². The zero-order valence-corrected chi connectivity index (χ0v) is 16.4. The summed E-state index contributed by atoms with van der Waals surface area (Å²) in [7, 11) is 1.59. The lowest BCUT2D eigenvalue weighted by Crippen LogP contribution is -2.53. The van der Waals surface area contributed by atoms with E-state index in [1.165, 1.54) is 0 Å². The zero-order valence-electron chi connectivity index (χ0n) is 16.4. The van der Waals surface area contributed by atoms with Gasteiger partial charge in [-0.15, -0.1) is 0 Å². The van der Waals surface area contributed by atoms with E-state index in [2.05, 4.69) is 4.90 Å². The summed E-state index contributed by atoms with van der Waals surface area (Å²) in [5.74, 6) is 0.399. The normalized spacial score (nSPS) is 25.4. The van der Waals surface area contributed by atoms with E-state index in [-0.39, 0.29) is 12.0 Å². The monoisotopic (exact) mass is 383 g/mol. The number of piperidine rings is 2. The first-order valence-electron chi connectivity index (χ1n) is 10.2. The highest BCUT2D eigenvalue weighted by Gasteiger charge is 2.34. The molecule has 0 radical (unpaired) electrons. The quantitative estimate of drug-likeness (QED) is 0.654. The molecule has 0 saturated carbocycles. The van der Waals surface area contributed by atoms with Crippen LogP contribution >= 0.6 is 0 Å². The Bertz CT molecular complexity index is 490. The van der Waals surface area contributed by atoms with E-state index in [1.54, 1.807) is 12.0 Å². The molecule has 3 aliphatic rings. The van der Waals surface area contributed by atoms with Gasteiger partial charge in [0.05, 0.1) is 25.7 Å². The Kier molecular flexibility index (Phi) is 7.72. The molecular formula is C19H33N3O5. The number of ether oxygens (including phenoxy) is 3. The van der Waals surface area contributed by atoms with Crippen molar-refractivity contribution < 1.29 is 23.8 Å². The highest BCUT2D eigenvalue weighted by molar-refractivity contribution is 5.79. The minimum Gasteiger partial charge on any atom is -0.447 e. The number of methoxy groups -OCH3 is 1. The second-order valence-corrected chi connectivity index (χ2v) is 7.60. The van der Waals surface area contributed by atoms with Gasteiger partial charge in [0.15, 0.2) is 0 Å². The van der Waals surface area contributed by atoms with Gasteiger partial charge in [0, 0.05) is 45.9 Å². The fourth-order valence-electron chi connectivity index (χ4n) is 4.30. The molecular weight excluding hydrogens is 350 g/mol. The Hall–Kier alpha value is -1.38. The number of hydrogen-bond acceptors (Lipinski definition) is 6. The maximum atomic E-state index is 12.8. The van der Waals surface area contributed by atoms with Crippen molar-refractivity contribution in [1.29, 1.82) is 0 Å². The Morgan fingerprint density at radius 1 is 0.963 bits per heavy atom. The van der Waals surface area contributed by atoms with Crippen molar-refractivity contribution in [3.05, 3.63) is 0 Å². The highest BCUT2D eigenvalue weighted by atomic mass is 16.6. The molecule has 8 nitrogen and oxygen atoms in total. The summed E-state index contributed by atoms with van der Waals surface area (Å²) in [6.07, 6.45) is 3.69. The molecule has 3 rings (SSSR count). The highest BCUT2D eigenvalue weighted by Crippen LogP contribution is 2.25. The van der Waals surface area contributed by atoms with Crippen LogP contribution in [0.4, 0.5) is 4.79 Å². The fraction of sp³-hybridized carbons (Fsp3) is 0.895. The molecule has 3 fully saturated rings. The van der Waals surface area contributed by atoms with Crippen LogP contribution in [0.15, 0.2) is 0 Å². The first-order chi connectivity index (χ1) is 13.2. The number of nitrogens with zero attached hydrogens (tertiary/aromatic N) is 3. The first-order valence-corrected chi connectivity index (χ1v) is 10.2. The third-order valence-electron chi connectivity index (χ3n) is 5.88. The minimum absolute atomic E-state index is 0.105. The summed E-state index contributed by atoms with van der Waals surface area (Å²) >= 11 is 0. The molecule has 8 heteroatoms. The van der Waals surface area contributed by atoms with Gasteiger partial charge in [0.1, 0.15) is 6.61 Å². The number of amides is 2. The molecule has 2 amide bonds. The van der Waals surface area contributed by atoms with Gasteiger partial charge in [-0.05, 0) is 32.2 Å². The van der Waals surface area contributed by atoms with Crippen LogP contribution in [0.1, 0.15) is 25.7 Å². The average molecular weight is 383 g/mol. The Labute approximate surface area is 161 Å². The summed E-state index contributed by atoms with van der Waals surface area (Å²) in [5, 5.41) is 0. The van der Waals surface area contributed by atoms with E-state index in [0.717, 1.165) is 65.0 Å². The fourth-order valence-corrected chi connectivity index (χ4v) is 4.30. The Morgan fingerprint density at radius 3 is 2.41 bits per heavy atom. The van der Waals surface area contributed by atoms with Gasteiger partial charge in [-0.1, -0.05) is 0 Å². The number of likely N-dealkylation sites (tertiary alicyclic amines) is 2. The topological polar surface area (TPSA) is 71.6 Å². The second kappa shape index (κ2) is 10.2. The summed E-state index contributed by atoms with van der Waals surface area (Å²) in [6, 6.07) is 0.452. The van der Waals surface area contributed by atoms with Gasteiger partial charge in [-0.3, -0.25) is 9.69 Å². The number of rotatable bonds is 5. The number of morpholine rings is 1. The number of carbonyl (C=O) groups is 2. The third-order valence-corrected chi connectivity index (χ3v) is 5.88. The number of hydrogen-bond donors (Lipinski definition) is 0. The lowest BCUT2D eigenvalue weighted by atomic mass is 9.93. The predicted molar refractivity (Wildman–Crippen MR) is 99.5 cm³/mol. The van der Waals surface area contributed by atoms with Gasteiger partial charge < -0.3 is 24.0 Å². The first kappa shape index (κ1) is 20.4. The largest absolute Gasteiger partial charge is 0.447 e. The van der Waals surface area contributed by atoms with Crippen LogP contribution in [-0.2, 0) is 19.0 Å². The zero-order chi connectivity index (χ0) is 19.1. The van der Waals surface area contributed by atoms with Gasteiger partial charge >= 0.3 is 6.09 Å². The summed E-state index contributed by atoms with van der Waals surface area (Å²) in [4.78, 5) is 31.1. The lowest BCUT2D eigenvalue weighted by molar-refractivity contribution is -0.141. The number of carbonyl (C=O) groups excluding carboxylic acids is 2. The van der Waals surface area contributed by atoms with Crippen LogP contribution in [0.25, 0.3) is 0 Å². The molecule has 0 unspecified atom stereocenters. The molecule has 0 aliphatic carbocycles. The van der Waals surface area contributed by atoms with Gasteiger partial charge in [-0.25, -0.2) is 4.79 Å². The van der Waals surface area contributed by atoms with E-state index in [0.29, 0.717) is 38.4 Å². The Balaban J connectivity index is 1.44. The van der Waals surface area contributed by atoms with E-state index in [4.69, 9.17) is 14.2 Å². The predicted octanol–water partition coefficient (Wildman–Crippen LogP) is 0.805. The molecule has 3 saturated heterocycles. The van der Waals surface area contributed by atoms with Crippen molar-refractivity contribution in [1.82, 2.24) is 14.7 Å². The van der Waals surface area contributed by atoms with Crippen molar-refractivity contribution in [2.75, 3.05) is 72.8 Å². The smallest absolute Gasteiger partial charge is 0.409 e. The van der Waals surface area contributed by atoms with E-state index < -0.39 is 0 Å². The molecule has 3 aliphatic heterocycles. The van der Waals surface area contributed by atoms with Gasteiger partial charge in [0.2, 0.25) is 5.91 Å². The maximum Gasteiger partial charge on any atom is 0.409 e. The van der Waals surface area contributed by atoms with Crippen LogP contribution in [0.5, 0.6) is 0 Å². The molecule has 0 aromatic carbocycles. The second-order valence-electron chi connectivity index (χ2n) is 7.60. The van der Waals surface area contributed by atoms with Gasteiger partial charge in [0.25, 0.3) is 0 Å². The van der Waals surface area contributed by atoms with Crippen LogP contribution in [0, 0.1) is 5.92 Å². The lowest BCUT2D eigenvalue weighted by Gasteiger charge is -2.42. The van der Waals surface area contributed by atoms with Crippen molar-refractivity contribution >= 4 is 12.0 Å². The Morgan fingerprint density at radius 2 is 1.70 bits per heavy atom. The molecule has 0 aromatic heterocycles. The molecule has 27 heavy (non-hydrogen) atoms. The molecule has 0 bridgehead atoms. The van der Waals surface area contributed by atoms with E-state index >= 15 is 0 Å². The van der Waals surface area contributed by atoms with Crippen LogP contribution in [-0.4, -0.2) is 106 Å². The van der Waals surface area contributed by atoms with Crippen molar-refractivity contribution in [2.45, 2.75) is 31.7 Å². The average Bonchev–Trinajstić information content (AvgIpc) is 2.74. The standard InChI is InChI=1S/C19H33N3O5/c1-25-13-14-27-19(24)21-7-4-17(5-8-21)22-6-2-3-16(15-22)18(23)20-9-11-26-12-10-20/h16-17H,2-15H2,1H3/t16-/m1/s1. The SMILES string of the molecule is COCCOC(=O)N1CCC(N2CCC[C@@H](C(=O)N3CCOCC3)C2)CC1. The molecule has 154 valence electrons. The van der Waals surface area contributed by atoms with Crippen molar-refractivity contribution in [2.24, 2.45) is 5.92 Å². The minimum atomic E-state index is -0.246. The van der Waals surface area contributed by atoms with Crippen LogP contribution in [0.3, 0.4) is 0 Å². The molecule has 1 atom stereocenters. The van der Waals surface area contributed by atoms with Crippen molar-refractivity contribution in [3.8, 4) is 0 Å². The molecule has 0 aromatic rings. The summed E-state index contributed by atoms with van der Waals surface area (Å²) < 4.78 is 15.5. The molecule has 3 heterocycles. The van der Waals surface area contributed by atoms with E-state index in [9.17, 15) is 9.59 Å². The van der Waals surface area contributed by atoms with Gasteiger partial charge in [-0.2, -0.15) is 0 Å². The molecule has 0 spiro atoms. The third kappa shape index (κ3) is 5.56. The summed E-state index contributed by atoms with van der Waals surface area (Å²) in [6.45, 7) is 6.81. The van der Waals surface area contributed by atoms with Crippen LogP contribution in [0.2, 0.25) is 0 Å². The summed E-state index contributed by atoms with van der Waals surface area (Å²) in [5.41, 5.74) is 0. The van der Waals surface area contributed by atoms with Crippen molar-refractivity contribution in [3.63, 3.8) is 0 Å². The maximum absolute atomic E-state index is 12.8. The molecule has 0 N–H and O–H groups in total. The van der Waals surface area contributed by atoms with Crippen LogP contribution < -0.4 is 0 Å².